The predicted octanol–water partition coefficient (Wildman–Crippen LogP) is 3.64. The lowest BCUT2D eigenvalue weighted by Crippen LogP contribution is -2.27. The maximum atomic E-state index is 12.0. The summed E-state index contributed by atoms with van der Waals surface area (Å²) in [6, 6.07) is 14.4. The van der Waals surface area contributed by atoms with Gasteiger partial charge in [-0.2, -0.15) is 0 Å². The second-order valence-electron chi connectivity index (χ2n) is 5.34. The predicted molar refractivity (Wildman–Crippen MR) is 101 cm³/mol. The van der Waals surface area contributed by atoms with E-state index in [1.807, 2.05) is 35.0 Å². The first-order valence-electron chi connectivity index (χ1n) is 7.73. The van der Waals surface area contributed by atoms with Crippen molar-refractivity contribution in [1.82, 2.24) is 14.7 Å². The largest absolute Gasteiger partial charge is 0.355 e. The average molecular weight is 358 g/mol. The lowest BCUT2D eigenvalue weighted by atomic mass is 10.2. The number of hydrogen-bond acceptors (Lipinski definition) is 4. The minimum absolute atomic E-state index is 0.0391. The van der Waals surface area contributed by atoms with Crippen LogP contribution in [0.2, 0.25) is 0 Å². The summed E-state index contributed by atoms with van der Waals surface area (Å²) in [6.45, 7) is 2.75. The number of imidazole rings is 1. The average Bonchev–Trinajstić information content (AvgIpc) is 3.02. The molecule has 0 fully saturated rings. The third-order valence-corrected chi connectivity index (χ3v) is 5.43. The number of carbonyl (C=O) groups is 1. The molecule has 4 nitrogen and oxygen atoms in total. The number of pyridine rings is 1. The Hall–Kier alpha value is -1.92. The van der Waals surface area contributed by atoms with Gasteiger partial charge in [0.2, 0.25) is 5.91 Å². The molecule has 6 heteroatoms. The van der Waals surface area contributed by atoms with Gasteiger partial charge in [0.05, 0.1) is 17.5 Å². The Labute approximate surface area is 150 Å². The Balaban J connectivity index is 1.39. The van der Waals surface area contributed by atoms with Crippen molar-refractivity contribution in [1.29, 1.82) is 0 Å². The van der Waals surface area contributed by atoms with Crippen molar-refractivity contribution in [2.24, 2.45) is 0 Å². The second kappa shape index (κ2) is 8.26. The lowest BCUT2D eigenvalue weighted by Gasteiger charge is -2.05. The van der Waals surface area contributed by atoms with Gasteiger partial charge in [0, 0.05) is 23.4 Å². The van der Waals surface area contributed by atoms with Crippen LogP contribution < -0.4 is 5.32 Å². The first kappa shape index (κ1) is 16.9. The van der Waals surface area contributed by atoms with Crippen LogP contribution in [-0.2, 0) is 4.79 Å². The van der Waals surface area contributed by atoms with E-state index < -0.39 is 0 Å². The highest BCUT2D eigenvalue weighted by molar-refractivity contribution is 7.99. The number of amides is 1. The van der Waals surface area contributed by atoms with Crippen LogP contribution in [0.3, 0.4) is 0 Å². The summed E-state index contributed by atoms with van der Waals surface area (Å²) in [4.78, 5) is 17.5. The van der Waals surface area contributed by atoms with Crippen LogP contribution >= 0.6 is 23.5 Å². The van der Waals surface area contributed by atoms with E-state index in [4.69, 9.17) is 0 Å². The fourth-order valence-corrected chi connectivity index (χ4v) is 3.76. The molecular formula is C18H19N3OS2. The van der Waals surface area contributed by atoms with Gasteiger partial charge in [-0.1, -0.05) is 35.5 Å². The van der Waals surface area contributed by atoms with E-state index in [1.54, 1.807) is 11.8 Å². The Morgan fingerprint density at radius 2 is 2.00 bits per heavy atom. The highest BCUT2D eigenvalue weighted by Crippen LogP contribution is 2.19. The topological polar surface area (TPSA) is 46.4 Å². The number of benzene rings is 1. The molecule has 3 rings (SSSR count). The van der Waals surface area contributed by atoms with Crippen LogP contribution in [0.1, 0.15) is 5.56 Å². The van der Waals surface area contributed by atoms with Crippen molar-refractivity contribution in [2.75, 3.05) is 18.1 Å². The summed E-state index contributed by atoms with van der Waals surface area (Å²) >= 11 is 3.20. The van der Waals surface area contributed by atoms with Crippen molar-refractivity contribution >= 4 is 34.9 Å². The van der Waals surface area contributed by atoms with E-state index in [-0.39, 0.29) is 5.91 Å². The number of thioether (sulfide) groups is 2. The van der Waals surface area contributed by atoms with Gasteiger partial charge in [0.1, 0.15) is 0 Å². The zero-order valence-electron chi connectivity index (χ0n) is 13.4. The molecule has 1 amide bonds. The van der Waals surface area contributed by atoms with Gasteiger partial charge < -0.3 is 5.32 Å². The van der Waals surface area contributed by atoms with Gasteiger partial charge in [0.25, 0.3) is 0 Å². The van der Waals surface area contributed by atoms with E-state index in [0.717, 1.165) is 16.4 Å². The minimum Gasteiger partial charge on any atom is -0.355 e. The van der Waals surface area contributed by atoms with Crippen LogP contribution in [0.15, 0.2) is 64.9 Å². The third kappa shape index (κ3) is 4.55. The zero-order valence-corrected chi connectivity index (χ0v) is 15.1. The van der Waals surface area contributed by atoms with Gasteiger partial charge in [-0.25, -0.2) is 4.98 Å². The number of hydrogen-bond donors (Lipinski definition) is 1. The maximum Gasteiger partial charge on any atom is 0.230 e. The summed E-state index contributed by atoms with van der Waals surface area (Å²) < 4.78 is 1.99. The van der Waals surface area contributed by atoms with Crippen LogP contribution in [0, 0.1) is 6.92 Å². The number of fused-ring (bicyclic) bond motifs is 1. The number of carbonyl (C=O) groups excluding carboxylic acids is 1. The first-order valence-corrected chi connectivity index (χ1v) is 9.70. The molecule has 0 spiro atoms. The second-order valence-corrected chi connectivity index (χ2v) is 7.45. The number of aromatic nitrogens is 2. The first-order chi connectivity index (χ1) is 11.7. The van der Waals surface area contributed by atoms with Gasteiger partial charge in [-0.15, -0.1) is 11.8 Å². The molecule has 3 aromatic rings. The highest BCUT2D eigenvalue weighted by Gasteiger charge is 2.07. The summed E-state index contributed by atoms with van der Waals surface area (Å²) in [5, 5.41) is 3.80. The van der Waals surface area contributed by atoms with Crippen molar-refractivity contribution in [2.45, 2.75) is 17.0 Å². The molecule has 0 aliphatic carbocycles. The summed E-state index contributed by atoms with van der Waals surface area (Å²) in [6.07, 6.45) is 3.78. The monoisotopic (exact) mass is 357 g/mol. The van der Waals surface area contributed by atoms with Crippen LogP contribution in [0.25, 0.3) is 5.52 Å². The molecule has 0 aliphatic heterocycles. The molecule has 2 heterocycles. The fourth-order valence-electron chi connectivity index (χ4n) is 2.20. The molecule has 0 saturated heterocycles. The summed E-state index contributed by atoms with van der Waals surface area (Å²) in [5.74, 6) is 1.28. The normalized spacial score (nSPS) is 10.9. The van der Waals surface area contributed by atoms with Crippen molar-refractivity contribution in [3.63, 3.8) is 0 Å². The standard InChI is InChI=1S/C18H19N3OS2/c1-14-5-7-16(8-6-14)23-11-9-19-17(22)13-24-18-20-12-15-4-2-3-10-21(15)18/h2-8,10,12H,9,11,13H2,1H3,(H,19,22). The zero-order chi connectivity index (χ0) is 16.8. The SMILES string of the molecule is Cc1ccc(SCCNC(=O)CSc2ncc3ccccn23)cc1. The van der Waals surface area contributed by atoms with E-state index in [9.17, 15) is 4.79 Å². The molecule has 24 heavy (non-hydrogen) atoms. The molecule has 124 valence electrons. The van der Waals surface area contributed by atoms with E-state index in [0.29, 0.717) is 12.3 Å². The van der Waals surface area contributed by atoms with E-state index >= 15 is 0 Å². The molecule has 1 N–H and O–H groups in total. The smallest absolute Gasteiger partial charge is 0.230 e. The minimum atomic E-state index is 0.0391. The van der Waals surface area contributed by atoms with Crippen molar-refractivity contribution in [3.8, 4) is 0 Å². The highest BCUT2D eigenvalue weighted by atomic mass is 32.2. The molecule has 0 bridgehead atoms. The molecule has 0 unspecified atom stereocenters. The molecule has 1 aromatic carbocycles. The van der Waals surface area contributed by atoms with Crippen LogP contribution in [0.5, 0.6) is 0 Å². The fraction of sp³-hybridized carbons (Fsp3) is 0.222. The van der Waals surface area contributed by atoms with E-state index in [1.165, 1.54) is 22.2 Å². The molecule has 0 aliphatic rings. The Kier molecular flexibility index (Phi) is 5.82. The van der Waals surface area contributed by atoms with Crippen LogP contribution in [-0.4, -0.2) is 33.3 Å². The molecular weight excluding hydrogens is 338 g/mol. The lowest BCUT2D eigenvalue weighted by molar-refractivity contribution is -0.118. The van der Waals surface area contributed by atoms with Gasteiger partial charge >= 0.3 is 0 Å². The molecule has 0 radical (unpaired) electrons. The van der Waals surface area contributed by atoms with Gasteiger partial charge in [-0.05, 0) is 31.2 Å². The third-order valence-electron chi connectivity index (χ3n) is 3.45. The quantitative estimate of drug-likeness (QED) is 0.518. The molecule has 0 atom stereocenters. The molecule has 2 aromatic heterocycles. The number of aryl methyl sites for hydroxylation is 1. The Morgan fingerprint density at radius 3 is 2.83 bits per heavy atom. The van der Waals surface area contributed by atoms with Gasteiger partial charge in [0.15, 0.2) is 5.16 Å². The maximum absolute atomic E-state index is 12.0. The number of nitrogens with one attached hydrogen (secondary N) is 1. The Morgan fingerprint density at radius 1 is 1.17 bits per heavy atom. The van der Waals surface area contributed by atoms with Crippen molar-refractivity contribution in [3.05, 3.63) is 60.4 Å². The number of rotatable bonds is 7. The number of nitrogens with zero attached hydrogens (tertiary/aromatic N) is 2. The van der Waals surface area contributed by atoms with E-state index in [2.05, 4.69) is 41.5 Å². The van der Waals surface area contributed by atoms with Crippen LogP contribution in [0.4, 0.5) is 0 Å². The molecule has 0 saturated carbocycles. The van der Waals surface area contributed by atoms with Crippen molar-refractivity contribution < 1.29 is 4.79 Å². The Bertz CT molecular complexity index is 815. The summed E-state index contributed by atoms with van der Waals surface area (Å²) in [5.41, 5.74) is 2.30. The summed E-state index contributed by atoms with van der Waals surface area (Å²) in [7, 11) is 0. The van der Waals surface area contributed by atoms with Gasteiger partial charge in [-0.3, -0.25) is 9.20 Å².